The van der Waals surface area contributed by atoms with E-state index in [0.717, 1.165) is 6.42 Å². The zero-order valence-electron chi connectivity index (χ0n) is 8.71. The minimum atomic E-state index is 0.139. The lowest BCUT2D eigenvalue weighted by atomic mass is 9.84. The summed E-state index contributed by atoms with van der Waals surface area (Å²) < 4.78 is 1.48. The van der Waals surface area contributed by atoms with Crippen LogP contribution in [0.5, 0.6) is 0 Å². The number of hydrogen-bond donors (Lipinski definition) is 0. The third kappa shape index (κ3) is 1.19. The Hall–Kier alpha value is -1.38. The van der Waals surface area contributed by atoms with Crippen molar-refractivity contribution < 1.29 is 4.79 Å². The van der Waals surface area contributed by atoms with Crippen LogP contribution in [0.4, 0.5) is 0 Å². The van der Waals surface area contributed by atoms with Crippen LogP contribution in [-0.2, 0) is 0 Å². The Labute approximate surface area is 88.8 Å². The van der Waals surface area contributed by atoms with Crippen molar-refractivity contribution in [2.75, 3.05) is 0 Å². The molecule has 1 saturated carbocycles. The average molecular weight is 202 g/mol. The van der Waals surface area contributed by atoms with Crippen molar-refractivity contribution in [3.63, 3.8) is 0 Å². The van der Waals surface area contributed by atoms with Crippen LogP contribution in [0.2, 0.25) is 0 Å². The molecule has 0 aliphatic heterocycles. The number of hydrogen-bond acceptors (Lipinski definition) is 2. The quantitative estimate of drug-likeness (QED) is 0.653. The second kappa shape index (κ2) is 3.05. The van der Waals surface area contributed by atoms with Crippen molar-refractivity contribution in [2.45, 2.75) is 13.3 Å². The molecule has 2 bridgehead atoms. The van der Waals surface area contributed by atoms with Crippen molar-refractivity contribution in [1.82, 2.24) is 9.78 Å². The van der Waals surface area contributed by atoms with Gasteiger partial charge in [0.25, 0.3) is 5.91 Å². The van der Waals surface area contributed by atoms with E-state index >= 15 is 0 Å². The highest BCUT2D eigenvalue weighted by Gasteiger charge is 2.46. The van der Waals surface area contributed by atoms with Crippen LogP contribution >= 0.6 is 0 Å². The smallest absolute Gasteiger partial charge is 0.250 e. The standard InChI is InChI=1S/C12H14N2O/c1-8-9-3-4-10(7-9)11(8)12(15)14-6-2-5-13-14/h2-6,8-11H,7H2,1H3/t8-,9?,10?,11?/m1/s1. The van der Waals surface area contributed by atoms with Crippen LogP contribution in [0, 0.1) is 23.7 Å². The molecule has 1 fully saturated rings. The number of carbonyl (C=O) groups is 1. The molecule has 0 N–H and O–H groups in total. The van der Waals surface area contributed by atoms with Gasteiger partial charge < -0.3 is 0 Å². The van der Waals surface area contributed by atoms with E-state index in [1.807, 2.05) is 0 Å². The molecule has 3 nitrogen and oxygen atoms in total. The summed E-state index contributed by atoms with van der Waals surface area (Å²) in [4.78, 5) is 12.2. The fourth-order valence-electron chi connectivity index (χ4n) is 3.03. The molecule has 0 amide bonds. The molecule has 3 unspecified atom stereocenters. The first-order valence-electron chi connectivity index (χ1n) is 5.49. The van der Waals surface area contributed by atoms with Gasteiger partial charge in [0.1, 0.15) is 0 Å². The van der Waals surface area contributed by atoms with Gasteiger partial charge in [-0.1, -0.05) is 19.1 Å². The van der Waals surface area contributed by atoms with Crippen LogP contribution < -0.4 is 0 Å². The normalized spacial score (nSPS) is 37.4. The van der Waals surface area contributed by atoms with Gasteiger partial charge in [-0.15, -0.1) is 0 Å². The molecular formula is C12H14N2O. The molecule has 2 aliphatic rings. The molecule has 2 aliphatic carbocycles. The Balaban J connectivity index is 1.90. The molecule has 0 radical (unpaired) electrons. The summed E-state index contributed by atoms with van der Waals surface area (Å²) >= 11 is 0. The topological polar surface area (TPSA) is 34.9 Å². The Kier molecular flexibility index (Phi) is 1.81. The predicted molar refractivity (Wildman–Crippen MR) is 56.2 cm³/mol. The van der Waals surface area contributed by atoms with Gasteiger partial charge in [0.05, 0.1) is 0 Å². The lowest BCUT2D eigenvalue weighted by Crippen LogP contribution is -2.30. The average Bonchev–Trinajstić information content (AvgIpc) is 2.93. The van der Waals surface area contributed by atoms with Crippen LogP contribution in [0.3, 0.4) is 0 Å². The van der Waals surface area contributed by atoms with E-state index in [9.17, 15) is 4.79 Å². The predicted octanol–water partition coefficient (Wildman–Crippen LogP) is 1.98. The first-order valence-corrected chi connectivity index (χ1v) is 5.49. The second-order valence-electron chi connectivity index (χ2n) is 4.62. The minimum Gasteiger partial charge on any atom is -0.272 e. The van der Waals surface area contributed by atoms with Gasteiger partial charge in [-0.25, -0.2) is 4.68 Å². The Morgan fingerprint density at radius 1 is 1.40 bits per heavy atom. The Morgan fingerprint density at radius 2 is 2.20 bits per heavy atom. The second-order valence-corrected chi connectivity index (χ2v) is 4.62. The molecule has 0 spiro atoms. The van der Waals surface area contributed by atoms with E-state index in [0.29, 0.717) is 17.8 Å². The van der Waals surface area contributed by atoms with E-state index in [2.05, 4.69) is 24.2 Å². The fourth-order valence-corrected chi connectivity index (χ4v) is 3.03. The van der Waals surface area contributed by atoms with Gasteiger partial charge in [-0.2, -0.15) is 5.10 Å². The minimum absolute atomic E-state index is 0.139. The van der Waals surface area contributed by atoms with Crippen LogP contribution in [0.15, 0.2) is 30.6 Å². The van der Waals surface area contributed by atoms with Crippen molar-refractivity contribution in [1.29, 1.82) is 0 Å². The molecule has 3 heteroatoms. The van der Waals surface area contributed by atoms with Crippen LogP contribution in [0.1, 0.15) is 18.1 Å². The SMILES string of the molecule is C[C@@H]1C2C=CC(C2)C1C(=O)n1cccn1. The van der Waals surface area contributed by atoms with Crippen LogP contribution in [0.25, 0.3) is 0 Å². The van der Waals surface area contributed by atoms with Gasteiger partial charge in [0.15, 0.2) is 0 Å². The summed E-state index contributed by atoms with van der Waals surface area (Å²) in [6.45, 7) is 2.18. The molecule has 0 saturated heterocycles. The van der Waals surface area contributed by atoms with Crippen molar-refractivity contribution in [2.24, 2.45) is 23.7 Å². The summed E-state index contributed by atoms with van der Waals surface area (Å²) in [5, 5.41) is 4.02. The zero-order chi connectivity index (χ0) is 10.4. The molecule has 1 aromatic rings. The number of fused-ring (bicyclic) bond motifs is 2. The summed E-state index contributed by atoms with van der Waals surface area (Å²) in [5.74, 6) is 1.82. The summed E-state index contributed by atoms with van der Waals surface area (Å²) in [5.41, 5.74) is 0. The Morgan fingerprint density at radius 3 is 2.80 bits per heavy atom. The number of nitrogens with zero attached hydrogens (tertiary/aromatic N) is 2. The Bertz CT molecular complexity index is 407. The third-order valence-electron chi connectivity index (χ3n) is 3.87. The van der Waals surface area contributed by atoms with E-state index in [1.165, 1.54) is 4.68 Å². The number of rotatable bonds is 1. The van der Waals surface area contributed by atoms with E-state index in [4.69, 9.17) is 0 Å². The molecule has 1 aromatic heterocycles. The van der Waals surface area contributed by atoms with Gasteiger partial charge in [0, 0.05) is 18.3 Å². The third-order valence-corrected chi connectivity index (χ3v) is 3.87. The molecular weight excluding hydrogens is 188 g/mol. The van der Waals surface area contributed by atoms with E-state index in [-0.39, 0.29) is 11.8 Å². The van der Waals surface area contributed by atoms with Gasteiger partial charge in [-0.3, -0.25) is 4.79 Å². The first-order chi connectivity index (χ1) is 7.27. The van der Waals surface area contributed by atoms with Crippen molar-refractivity contribution in [3.05, 3.63) is 30.6 Å². The molecule has 78 valence electrons. The number of aromatic nitrogens is 2. The largest absolute Gasteiger partial charge is 0.272 e. The highest BCUT2D eigenvalue weighted by Crippen LogP contribution is 2.48. The summed E-state index contributed by atoms with van der Waals surface area (Å²) in [6, 6.07) is 1.80. The number of carbonyl (C=O) groups excluding carboxylic acids is 1. The van der Waals surface area contributed by atoms with Crippen LogP contribution in [-0.4, -0.2) is 15.7 Å². The van der Waals surface area contributed by atoms with Gasteiger partial charge >= 0.3 is 0 Å². The van der Waals surface area contributed by atoms with Crippen molar-refractivity contribution in [3.8, 4) is 0 Å². The van der Waals surface area contributed by atoms with Crippen molar-refractivity contribution >= 4 is 5.91 Å². The number of allylic oxidation sites excluding steroid dienone is 2. The monoisotopic (exact) mass is 202 g/mol. The molecule has 1 heterocycles. The van der Waals surface area contributed by atoms with E-state index in [1.54, 1.807) is 18.5 Å². The molecule has 3 rings (SSSR count). The lowest BCUT2D eigenvalue weighted by Gasteiger charge is -2.22. The fraction of sp³-hybridized carbons (Fsp3) is 0.500. The zero-order valence-corrected chi connectivity index (χ0v) is 8.71. The highest BCUT2D eigenvalue weighted by atomic mass is 16.2. The van der Waals surface area contributed by atoms with Gasteiger partial charge in [0.2, 0.25) is 0 Å². The van der Waals surface area contributed by atoms with E-state index < -0.39 is 0 Å². The highest BCUT2D eigenvalue weighted by molar-refractivity contribution is 5.82. The lowest BCUT2D eigenvalue weighted by molar-refractivity contribution is 0.0759. The molecule has 0 aromatic carbocycles. The summed E-state index contributed by atoms with van der Waals surface area (Å²) in [7, 11) is 0. The summed E-state index contributed by atoms with van der Waals surface area (Å²) in [6.07, 6.45) is 9.02. The molecule has 15 heavy (non-hydrogen) atoms. The van der Waals surface area contributed by atoms with Gasteiger partial charge in [-0.05, 0) is 30.2 Å². The maximum Gasteiger partial charge on any atom is 0.250 e. The first kappa shape index (κ1) is 8.89. The molecule has 4 atom stereocenters. The maximum atomic E-state index is 12.2. The maximum absolute atomic E-state index is 12.2.